The molecular weight excluding hydrogens is 248 g/mol. The van der Waals surface area contributed by atoms with Crippen molar-refractivity contribution in [1.82, 2.24) is 0 Å². The summed E-state index contributed by atoms with van der Waals surface area (Å²) in [4.78, 5) is 11.9. The lowest BCUT2D eigenvalue weighted by Gasteiger charge is -2.17. The van der Waals surface area contributed by atoms with Crippen molar-refractivity contribution in [2.45, 2.75) is 91.9 Å². The molecule has 0 aliphatic rings. The minimum Gasteiger partial charge on any atom is -0.465 e. The number of hydrogen-bond acceptors (Lipinski definition) is 2. The normalized spacial score (nSPS) is 14.0. The summed E-state index contributed by atoms with van der Waals surface area (Å²) in [5, 5.41) is 0. The largest absolute Gasteiger partial charge is 0.465 e. The van der Waals surface area contributed by atoms with E-state index in [0.29, 0.717) is 12.5 Å². The summed E-state index contributed by atoms with van der Waals surface area (Å²) in [6.45, 7) is 9.25. The van der Waals surface area contributed by atoms with Gasteiger partial charge in [0.2, 0.25) is 0 Å². The zero-order valence-electron chi connectivity index (χ0n) is 14.2. The van der Waals surface area contributed by atoms with Gasteiger partial charge in [-0.2, -0.15) is 0 Å². The number of carbonyl (C=O) groups excluding carboxylic acids is 1. The highest BCUT2D eigenvalue weighted by atomic mass is 16.5. The minimum absolute atomic E-state index is 0.00967. The van der Waals surface area contributed by atoms with Gasteiger partial charge in [-0.3, -0.25) is 4.79 Å². The minimum atomic E-state index is 0.00967. The second-order valence-corrected chi connectivity index (χ2v) is 6.15. The van der Waals surface area contributed by atoms with Gasteiger partial charge >= 0.3 is 5.97 Å². The van der Waals surface area contributed by atoms with Crippen LogP contribution in [0.3, 0.4) is 0 Å². The third-order valence-electron chi connectivity index (χ3n) is 4.15. The fourth-order valence-corrected chi connectivity index (χ4v) is 2.41. The number of rotatable bonds is 13. The number of carbonyl (C=O) groups is 1. The molecule has 0 bridgehead atoms. The number of hydrogen-bond donors (Lipinski definition) is 0. The lowest BCUT2D eigenvalue weighted by atomic mass is 10.00. The number of ether oxygens (including phenoxy) is 1. The Kier molecular flexibility index (Phi) is 13.1. The van der Waals surface area contributed by atoms with E-state index in [2.05, 4.69) is 20.8 Å². The van der Waals surface area contributed by atoms with Crippen LogP contribution >= 0.6 is 0 Å². The van der Waals surface area contributed by atoms with E-state index in [9.17, 15) is 4.79 Å². The fourth-order valence-electron chi connectivity index (χ4n) is 2.41. The average Bonchev–Trinajstić information content (AvgIpc) is 2.46. The molecule has 0 aromatic heterocycles. The van der Waals surface area contributed by atoms with Crippen LogP contribution in [0.4, 0.5) is 0 Å². The van der Waals surface area contributed by atoms with Gasteiger partial charge < -0.3 is 4.74 Å². The fraction of sp³-hybridized carbons (Fsp3) is 0.944. The van der Waals surface area contributed by atoms with E-state index >= 15 is 0 Å². The summed E-state index contributed by atoms with van der Waals surface area (Å²) in [5.74, 6) is 0.631. The first-order valence-corrected chi connectivity index (χ1v) is 8.82. The molecule has 2 heteroatoms. The van der Waals surface area contributed by atoms with Crippen LogP contribution in [0.15, 0.2) is 0 Å². The maximum absolute atomic E-state index is 11.9. The summed E-state index contributed by atoms with van der Waals surface area (Å²) in [7, 11) is 0. The Morgan fingerprint density at radius 1 is 0.900 bits per heavy atom. The van der Waals surface area contributed by atoms with Crippen molar-refractivity contribution in [1.29, 1.82) is 0 Å². The topological polar surface area (TPSA) is 26.3 Å². The maximum Gasteiger partial charge on any atom is 0.308 e. The van der Waals surface area contributed by atoms with E-state index < -0.39 is 0 Å². The highest BCUT2D eigenvalue weighted by Crippen LogP contribution is 2.16. The van der Waals surface area contributed by atoms with E-state index in [0.717, 1.165) is 19.3 Å². The summed E-state index contributed by atoms with van der Waals surface area (Å²) in [6, 6.07) is 0. The van der Waals surface area contributed by atoms with Gasteiger partial charge in [-0.15, -0.1) is 0 Å². The molecule has 0 saturated carbocycles. The maximum atomic E-state index is 11.9. The van der Waals surface area contributed by atoms with Gasteiger partial charge in [0, 0.05) is 0 Å². The summed E-state index contributed by atoms with van der Waals surface area (Å²) in [5.41, 5.74) is 0. The highest BCUT2D eigenvalue weighted by Gasteiger charge is 2.16. The van der Waals surface area contributed by atoms with Crippen LogP contribution < -0.4 is 0 Å². The zero-order chi connectivity index (χ0) is 15.2. The Bertz CT molecular complexity index is 225. The van der Waals surface area contributed by atoms with Crippen molar-refractivity contribution < 1.29 is 9.53 Å². The lowest BCUT2D eigenvalue weighted by molar-refractivity contribution is -0.149. The molecule has 0 fully saturated rings. The number of unbranched alkanes of at least 4 members (excludes halogenated alkanes) is 5. The van der Waals surface area contributed by atoms with E-state index in [1.807, 2.05) is 6.92 Å². The molecule has 0 aliphatic carbocycles. The molecule has 0 radical (unpaired) electrons. The average molecular weight is 284 g/mol. The molecule has 0 aromatic carbocycles. The van der Waals surface area contributed by atoms with E-state index in [1.54, 1.807) is 0 Å². The van der Waals surface area contributed by atoms with Crippen LogP contribution in [0.2, 0.25) is 0 Å². The molecule has 0 spiro atoms. The van der Waals surface area contributed by atoms with Crippen molar-refractivity contribution in [3.8, 4) is 0 Å². The van der Waals surface area contributed by atoms with E-state index in [4.69, 9.17) is 4.74 Å². The molecule has 2 nitrogen and oxygen atoms in total. The smallest absolute Gasteiger partial charge is 0.308 e. The molecule has 2 atom stereocenters. The zero-order valence-corrected chi connectivity index (χ0v) is 14.2. The SMILES string of the molecule is CCCCCCCC(C)C(=O)OCC(CC)CCCC. The van der Waals surface area contributed by atoms with E-state index in [1.165, 1.54) is 44.9 Å². The molecule has 0 N–H and O–H groups in total. The summed E-state index contributed by atoms with van der Waals surface area (Å²) < 4.78 is 5.49. The Labute approximate surface area is 126 Å². The molecule has 2 unspecified atom stereocenters. The van der Waals surface area contributed by atoms with Gasteiger partial charge in [0.05, 0.1) is 12.5 Å². The van der Waals surface area contributed by atoms with Crippen molar-refractivity contribution in [3.63, 3.8) is 0 Å². The quantitative estimate of drug-likeness (QED) is 0.318. The number of esters is 1. The third kappa shape index (κ3) is 10.3. The van der Waals surface area contributed by atoms with E-state index in [-0.39, 0.29) is 11.9 Å². The lowest BCUT2D eigenvalue weighted by Crippen LogP contribution is -2.19. The van der Waals surface area contributed by atoms with Gasteiger partial charge in [0.15, 0.2) is 0 Å². The molecule has 20 heavy (non-hydrogen) atoms. The van der Waals surface area contributed by atoms with Crippen LogP contribution in [0, 0.1) is 11.8 Å². The third-order valence-corrected chi connectivity index (χ3v) is 4.15. The van der Waals surface area contributed by atoms with Crippen LogP contribution in [-0.2, 0) is 9.53 Å². The Morgan fingerprint density at radius 2 is 1.55 bits per heavy atom. The molecule has 0 rings (SSSR count). The van der Waals surface area contributed by atoms with Crippen LogP contribution in [-0.4, -0.2) is 12.6 Å². The summed E-state index contributed by atoms with van der Waals surface area (Å²) >= 11 is 0. The van der Waals surface area contributed by atoms with Crippen LogP contribution in [0.5, 0.6) is 0 Å². The molecule has 120 valence electrons. The first-order valence-electron chi connectivity index (χ1n) is 8.82. The van der Waals surface area contributed by atoms with Gasteiger partial charge in [0.1, 0.15) is 0 Å². The molecule has 0 saturated heterocycles. The van der Waals surface area contributed by atoms with Crippen LogP contribution in [0.25, 0.3) is 0 Å². The van der Waals surface area contributed by atoms with Crippen molar-refractivity contribution in [2.24, 2.45) is 11.8 Å². The van der Waals surface area contributed by atoms with Gasteiger partial charge in [-0.1, -0.05) is 79.1 Å². The van der Waals surface area contributed by atoms with Gasteiger partial charge in [-0.05, 0) is 18.8 Å². The predicted molar refractivity (Wildman–Crippen MR) is 86.8 cm³/mol. The Balaban J connectivity index is 3.72. The first-order chi connectivity index (χ1) is 9.65. The Hall–Kier alpha value is -0.530. The van der Waals surface area contributed by atoms with Crippen LogP contribution in [0.1, 0.15) is 91.9 Å². The second-order valence-electron chi connectivity index (χ2n) is 6.15. The molecule has 0 heterocycles. The van der Waals surface area contributed by atoms with Crippen molar-refractivity contribution in [3.05, 3.63) is 0 Å². The predicted octanol–water partition coefficient (Wildman–Crippen LogP) is 5.74. The van der Waals surface area contributed by atoms with Gasteiger partial charge in [-0.25, -0.2) is 0 Å². The first kappa shape index (κ1) is 19.5. The highest BCUT2D eigenvalue weighted by molar-refractivity contribution is 5.71. The van der Waals surface area contributed by atoms with Crippen molar-refractivity contribution in [2.75, 3.05) is 6.61 Å². The standard InChI is InChI=1S/C18H36O2/c1-5-8-10-11-12-13-16(4)18(19)20-15-17(7-3)14-9-6-2/h16-17H,5-15H2,1-4H3. The second kappa shape index (κ2) is 13.5. The van der Waals surface area contributed by atoms with Gasteiger partial charge in [0.25, 0.3) is 0 Å². The molecule has 0 aliphatic heterocycles. The molecular formula is C18H36O2. The monoisotopic (exact) mass is 284 g/mol. The summed E-state index contributed by atoms with van der Waals surface area (Å²) in [6.07, 6.45) is 12.0. The molecule has 0 aromatic rings. The molecule has 0 amide bonds. The Morgan fingerprint density at radius 3 is 2.15 bits per heavy atom. The van der Waals surface area contributed by atoms with Crippen molar-refractivity contribution >= 4 is 5.97 Å².